The van der Waals surface area contributed by atoms with Crippen LogP contribution in [0.2, 0.25) is 0 Å². The Hall–Kier alpha value is -2.54. The van der Waals surface area contributed by atoms with E-state index in [0.29, 0.717) is 17.8 Å². The van der Waals surface area contributed by atoms with Gasteiger partial charge in [-0.25, -0.2) is 4.39 Å². The van der Waals surface area contributed by atoms with Gasteiger partial charge in [-0.3, -0.25) is 0 Å². The highest BCUT2D eigenvalue weighted by Gasteiger charge is 2.20. The maximum absolute atomic E-state index is 14.1. The molecule has 0 aromatic heterocycles. The highest BCUT2D eigenvalue weighted by Crippen LogP contribution is 2.29. The van der Waals surface area contributed by atoms with Crippen molar-refractivity contribution in [3.8, 4) is 6.07 Å². The summed E-state index contributed by atoms with van der Waals surface area (Å²) in [6, 6.07) is 12.4. The first-order valence-electron chi connectivity index (χ1n) is 6.50. The number of anilines is 2. The van der Waals surface area contributed by atoms with Gasteiger partial charge in [0.1, 0.15) is 5.82 Å². The number of nitrogens with two attached hydrogens (primary N) is 1. The lowest BCUT2D eigenvalue weighted by atomic mass is 9.97. The molecule has 3 nitrogen and oxygen atoms in total. The first-order chi connectivity index (χ1) is 9.69. The Kier molecular flexibility index (Phi) is 3.03. The molecule has 0 aliphatic carbocycles. The largest absolute Gasteiger partial charge is 0.398 e. The van der Waals surface area contributed by atoms with Gasteiger partial charge in [-0.05, 0) is 41.8 Å². The van der Waals surface area contributed by atoms with Crippen molar-refractivity contribution in [2.75, 3.05) is 17.2 Å². The van der Waals surface area contributed by atoms with Gasteiger partial charge in [-0.15, -0.1) is 0 Å². The number of nitrogens with zero attached hydrogens (tertiary/aromatic N) is 2. The zero-order valence-electron chi connectivity index (χ0n) is 10.9. The summed E-state index contributed by atoms with van der Waals surface area (Å²) in [7, 11) is 0. The van der Waals surface area contributed by atoms with Crippen LogP contribution in [0.3, 0.4) is 0 Å². The molecule has 1 aliphatic heterocycles. The quantitative estimate of drug-likeness (QED) is 0.808. The Bertz CT molecular complexity index is 703. The SMILES string of the molecule is N#Cc1ccc(N2CCc3cccc(N)c3C2)c(F)c1. The van der Waals surface area contributed by atoms with E-state index >= 15 is 0 Å². The third kappa shape index (κ3) is 2.08. The number of benzene rings is 2. The summed E-state index contributed by atoms with van der Waals surface area (Å²) in [6.45, 7) is 1.35. The zero-order valence-corrected chi connectivity index (χ0v) is 10.9. The topological polar surface area (TPSA) is 53.0 Å². The van der Waals surface area contributed by atoms with Gasteiger partial charge < -0.3 is 10.6 Å². The first kappa shape index (κ1) is 12.5. The molecule has 2 aromatic rings. The van der Waals surface area contributed by atoms with Crippen molar-refractivity contribution in [3.63, 3.8) is 0 Å². The second-order valence-electron chi connectivity index (χ2n) is 4.93. The minimum Gasteiger partial charge on any atom is -0.398 e. The highest BCUT2D eigenvalue weighted by molar-refractivity contribution is 5.58. The number of hydrogen-bond acceptors (Lipinski definition) is 3. The Morgan fingerprint density at radius 2 is 2.10 bits per heavy atom. The zero-order chi connectivity index (χ0) is 14.1. The summed E-state index contributed by atoms with van der Waals surface area (Å²) in [5, 5.41) is 8.78. The average molecular weight is 267 g/mol. The van der Waals surface area contributed by atoms with Gasteiger partial charge in [0.05, 0.1) is 17.3 Å². The molecule has 3 rings (SSSR count). The van der Waals surface area contributed by atoms with Gasteiger partial charge >= 0.3 is 0 Å². The van der Waals surface area contributed by atoms with E-state index in [1.807, 2.05) is 23.1 Å². The molecule has 0 radical (unpaired) electrons. The number of nitriles is 1. The van der Waals surface area contributed by atoms with Crippen LogP contribution in [0.25, 0.3) is 0 Å². The van der Waals surface area contributed by atoms with Gasteiger partial charge in [-0.1, -0.05) is 12.1 Å². The lowest BCUT2D eigenvalue weighted by molar-refractivity contribution is 0.610. The second kappa shape index (κ2) is 4.86. The van der Waals surface area contributed by atoms with Crippen LogP contribution < -0.4 is 10.6 Å². The fourth-order valence-electron chi connectivity index (χ4n) is 2.65. The van der Waals surface area contributed by atoms with Crippen LogP contribution in [-0.2, 0) is 13.0 Å². The van der Waals surface area contributed by atoms with Crippen molar-refractivity contribution >= 4 is 11.4 Å². The molecule has 0 amide bonds. The van der Waals surface area contributed by atoms with Crippen LogP contribution in [0, 0.1) is 17.1 Å². The van der Waals surface area contributed by atoms with E-state index in [4.69, 9.17) is 11.0 Å². The Morgan fingerprint density at radius 3 is 2.85 bits per heavy atom. The Balaban J connectivity index is 1.95. The predicted octanol–water partition coefficient (Wildman–Crippen LogP) is 2.84. The van der Waals surface area contributed by atoms with Crippen molar-refractivity contribution in [2.45, 2.75) is 13.0 Å². The maximum Gasteiger partial charge on any atom is 0.147 e. The fraction of sp³-hybridized carbons (Fsp3) is 0.188. The highest BCUT2D eigenvalue weighted by atomic mass is 19.1. The number of rotatable bonds is 1. The lowest BCUT2D eigenvalue weighted by Gasteiger charge is -2.31. The molecule has 0 saturated heterocycles. The van der Waals surface area contributed by atoms with Crippen LogP contribution in [0.15, 0.2) is 36.4 Å². The van der Waals surface area contributed by atoms with Gasteiger partial charge in [0.15, 0.2) is 0 Å². The molecule has 0 bridgehead atoms. The minimum atomic E-state index is -0.359. The van der Waals surface area contributed by atoms with E-state index in [9.17, 15) is 4.39 Å². The van der Waals surface area contributed by atoms with E-state index in [2.05, 4.69) is 6.07 Å². The number of fused-ring (bicyclic) bond motifs is 1. The Morgan fingerprint density at radius 1 is 1.25 bits per heavy atom. The van der Waals surface area contributed by atoms with Crippen LogP contribution in [0.4, 0.5) is 15.8 Å². The smallest absolute Gasteiger partial charge is 0.147 e. The minimum absolute atomic E-state index is 0.336. The molecule has 100 valence electrons. The molecule has 0 atom stereocenters. The molecule has 0 unspecified atom stereocenters. The molecular weight excluding hydrogens is 253 g/mol. The van der Waals surface area contributed by atoms with E-state index in [1.165, 1.54) is 11.6 Å². The molecule has 20 heavy (non-hydrogen) atoms. The van der Waals surface area contributed by atoms with E-state index in [-0.39, 0.29) is 5.82 Å². The van der Waals surface area contributed by atoms with Crippen molar-refractivity contribution < 1.29 is 4.39 Å². The second-order valence-corrected chi connectivity index (χ2v) is 4.93. The van der Waals surface area contributed by atoms with E-state index in [1.54, 1.807) is 12.1 Å². The first-order valence-corrected chi connectivity index (χ1v) is 6.50. The predicted molar refractivity (Wildman–Crippen MR) is 76.7 cm³/mol. The summed E-state index contributed by atoms with van der Waals surface area (Å²) in [4.78, 5) is 1.97. The van der Waals surface area contributed by atoms with E-state index in [0.717, 1.165) is 24.2 Å². The molecule has 0 spiro atoms. The van der Waals surface area contributed by atoms with Crippen molar-refractivity contribution in [1.82, 2.24) is 0 Å². The van der Waals surface area contributed by atoms with Crippen LogP contribution in [0.1, 0.15) is 16.7 Å². The number of halogens is 1. The van der Waals surface area contributed by atoms with Crippen molar-refractivity contribution in [1.29, 1.82) is 5.26 Å². The number of hydrogen-bond donors (Lipinski definition) is 1. The summed E-state index contributed by atoms with van der Waals surface area (Å²) >= 11 is 0. The van der Waals surface area contributed by atoms with E-state index < -0.39 is 0 Å². The molecule has 1 heterocycles. The summed E-state index contributed by atoms with van der Waals surface area (Å²) < 4.78 is 14.1. The van der Waals surface area contributed by atoms with Crippen molar-refractivity contribution in [3.05, 3.63) is 58.9 Å². The van der Waals surface area contributed by atoms with Gasteiger partial charge in [0.25, 0.3) is 0 Å². The average Bonchev–Trinajstić information content (AvgIpc) is 2.47. The van der Waals surface area contributed by atoms with Crippen molar-refractivity contribution in [2.24, 2.45) is 0 Å². The van der Waals surface area contributed by atoms with Gasteiger partial charge in [0, 0.05) is 18.8 Å². The van der Waals surface area contributed by atoms with Gasteiger partial charge in [-0.2, -0.15) is 5.26 Å². The molecule has 2 N–H and O–H groups in total. The third-order valence-electron chi connectivity index (χ3n) is 3.73. The normalized spacial score (nSPS) is 13.7. The summed E-state index contributed by atoms with van der Waals surface area (Å²) in [5.41, 5.74) is 9.92. The fourth-order valence-corrected chi connectivity index (χ4v) is 2.65. The Labute approximate surface area is 117 Å². The monoisotopic (exact) mass is 267 g/mol. The molecule has 0 saturated carbocycles. The van der Waals surface area contributed by atoms with Gasteiger partial charge in [0.2, 0.25) is 0 Å². The standard InChI is InChI=1S/C16H14FN3/c17-14-8-11(9-18)4-5-16(14)20-7-6-12-2-1-3-15(19)13(12)10-20/h1-5,8H,6-7,10,19H2. The lowest BCUT2D eigenvalue weighted by Crippen LogP contribution is -2.31. The van der Waals surface area contributed by atoms with Crippen LogP contribution in [-0.4, -0.2) is 6.54 Å². The van der Waals surface area contributed by atoms with Crippen LogP contribution in [0.5, 0.6) is 0 Å². The molecule has 1 aliphatic rings. The van der Waals surface area contributed by atoms with Crippen LogP contribution >= 0.6 is 0 Å². The number of nitrogen functional groups attached to an aromatic ring is 1. The summed E-state index contributed by atoms with van der Waals surface area (Å²) in [6.07, 6.45) is 0.847. The third-order valence-corrected chi connectivity index (χ3v) is 3.73. The maximum atomic E-state index is 14.1. The summed E-state index contributed by atoms with van der Waals surface area (Å²) in [5.74, 6) is -0.359. The molecule has 4 heteroatoms. The molecule has 0 fully saturated rings. The molecule has 2 aromatic carbocycles. The molecular formula is C16H14FN3.